The quantitative estimate of drug-likeness (QED) is 0.501. The molecule has 1 aliphatic rings. The summed E-state index contributed by atoms with van der Waals surface area (Å²) in [7, 11) is 0. The minimum atomic E-state index is 0.114. The fraction of sp³-hybridized carbons (Fsp3) is 0.500. The molecule has 2 unspecified atom stereocenters. The van der Waals surface area contributed by atoms with Gasteiger partial charge in [0.2, 0.25) is 0 Å². The van der Waals surface area contributed by atoms with Crippen LogP contribution in [0, 0.1) is 0 Å². The molecular formula is C16H22BrN3O. The second-order valence-corrected chi connectivity index (χ2v) is 6.23. The highest BCUT2D eigenvalue weighted by Crippen LogP contribution is 2.20. The van der Waals surface area contributed by atoms with Crippen LogP contribution in [-0.2, 0) is 4.74 Å². The average molecular weight is 352 g/mol. The summed E-state index contributed by atoms with van der Waals surface area (Å²) in [5.74, 6) is 5.64. The van der Waals surface area contributed by atoms with Gasteiger partial charge in [0.15, 0.2) is 0 Å². The van der Waals surface area contributed by atoms with Crippen LogP contribution in [0.4, 0.5) is 0 Å². The van der Waals surface area contributed by atoms with Crippen LogP contribution in [0.2, 0.25) is 0 Å². The average Bonchev–Trinajstić information content (AvgIpc) is 2.52. The lowest BCUT2D eigenvalue weighted by atomic mass is 9.97. The number of nitrogens with two attached hydrogens (primary N) is 1. The first-order valence-electron chi connectivity index (χ1n) is 7.35. The molecule has 1 saturated heterocycles. The van der Waals surface area contributed by atoms with Gasteiger partial charge in [-0.2, -0.15) is 5.10 Å². The highest BCUT2D eigenvalue weighted by molar-refractivity contribution is 9.10. The van der Waals surface area contributed by atoms with Crippen molar-refractivity contribution < 1.29 is 4.74 Å². The molecule has 0 radical (unpaired) electrons. The van der Waals surface area contributed by atoms with Gasteiger partial charge in [0.05, 0.1) is 18.4 Å². The minimum absolute atomic E-state index is 0.114. The van der Waals surface area contributed by atoms with Gasteiger partial charge in [0, 0.05) is 23.2 Å². The molecule has 0 aliphatic carbocycles. The number of hydrogen-bond acceptors (Lipinski definition) is 4. The lowest BCUT2D eigenvalue weighted by Crippen LogP contribution is -2.22. The van der Waals surface area contributed by atoms with Gasteiger partial charge in [-0.3, -0.25) is 4.99 Å². The Morgan fingerprint density at radius 2 is 2.38 bits per heavy atom. The monoisotopic (exact) mass is 351 g/mol. The third-order valence-corrected chi connectivity index (χ3v) is 4.24. The van der Waals surface area contributed by atoms with Crippen molar-refractivity contribution in [2.24, 2.45) is 15.9 Å². The first kappa shape index (κ1) is 16.2. The van der Waals surface area contributed by atoms with Gasteiger partial charge < -0.3 is 10.6 Å². The van der Waals surface area contributed by atoms with Gasteiger partial charge in [-0.1, -0.05) is 35.0 Å². The van der Waals surface area contributed by atoms with Gasteiger partial charge in [0.1, 0.15) is 0 Å². The Morgan fingerprint density at radius 1 is 1.52 bits per heavy atom. The molecule has 1 fully saturated rings. The lowest BCUT2D eigenvalue weighted by molar-refractivity contribution is 0.0226. The Labute approximate surface area is 134 Å². The second kappa shape index (κ2) is 8.29. The third kappa shape index (κ3) is 4.93. The van der Waals surface area contributed by atoms with E-state index in [0.717, 1.165) is 35.2 Å². The molecule has 1 aromatic carbocycles. The van der Waals surface area contributed by atoms with Crippen molar-refractivity contribution in [1.29, 1.82) is 0 Å². The number of benzene rings is 1. The van der Waals surface area contributed by atoms with Crippen molar-refractivity contribution in [3.63, 3.8) is 0 Å². The highest BCUT2D eigenvalue weighted by atomic mass is 79.9. The Balaban J connectivity index is 1.95. The second-order valence-electron chi connectivity index (χ2n) is 5.31. The maximum absolute atomic E-state index is 5.66. The molecule has 2 rings (SSSR count). The molecule has 1 heterocycles. The van der Waals surface area contributed by atoms with Crippen molar-refractivity contribution in [3.8, 4) is 0 Å². The van der Waals surface area contributed by atoms with Crippen LogP contribution in [0.1, 0.15) is 37.7 Å². The molecule has 2 atom stereocenters. The van der Waals surface area contributed by atoms with Gasteiger partial charge in [-0.25, -0.2) is 0 Å². The summed E-state index contributed by atoms with van der Waals surface area (Å²) in [5.41, 5.74) is 1.94. The minimum Gasteiger partial charge on any atom is -0.376 e. The summed E-state index contributed by atoms with van der Waals surface area (Å²) >= 11 is 3.48. The molecule has 1 aromatic rings. The van der Waals surface area contributed by atoms with Crippen molar-refractivity contribution in [3.05, 3.63) is 34.3 Å². The van der Waals surface area contributed by atoms with Crippen molar-refractivity contribution >= 4 is 27.9 Å². The van der Waals surface area contributed by atoms with Gasteiger partial charge >= 0.3 is 0 Å². The molecule has 1 aliphatic heterocycles. The van der Waals surface area contributed by atoms with Crippen LogP contribution in [0.3, 0.4) is 0 Å². The maximum atomic E-state index is 5.66. The number of hydrazone groups is 1. The summed E-state index contributed by atoms with van der Waals surface area (Å²) in [5, 5.41) is 3.89. The van der Waals surface area contributed by atoms with Crippen LogP contribution in [-0.4, -0.2) is 31.2 Å². The summed E-state index contributed by atoms with van der Waals surface area (Å²) in [6.45, 7) is 3.62. The number of rotatable bonds is 5. The van der Waals surface area contributed by atoms with Crippen LogP contribution in [0.25, 0.3) is 0 Å². The third-order valence-electron chi connectivity index (χ3n) is 3.75. The zero-order chi connectivity index (χ0) is 15.1. The zero-order valence-corrected chi connectivity index (χ0v) is 13.9. The first-order chi connectivity index (χ1) is 10.2. The number of ether oxygens (including phenoxy) is 1. The summed E-state index contributed by atoms with van der Waals surface area (Å²) in [4.78, 5) is 4.46. The van der Waals surface area contributed by atoms with Crippen LogP contribution in [0.15, 0.2) is 38.8 Å². The van der Waals surface area contributed by atoms with E-state index in [4.69, 9.17) is 10.6 Å². The number of nitrogens with zero attached hydrogens (tertiary/aromatic N) is 2. The Kier molecular flexibility index (Phi) is 6.39. The van der Waals surface area contributed by atoms with Gasteiger partial charge in [-0.15, -0.1) is 0 Å². The topological polar surface area (TPSA) is 60.0 Å². The maximum Gasteiger partial charge on any atom is 0.0850 e. The van der Waals surface area contributed by atoms with Gasteiger partial charge in [0.25, 0.3) is 0 Å². The summed E-state index contributed by atoms with van der Waals surface area (Å²) in [6, 6.07) is 8.16. The largest absolute Gasteiger partial charge is 0.376 e. The molecule has 114 valence electrons. The summed E-state index contributed by atoms with van der Waals surface area (Å²) < 4.78 is 6.71. The Morgan fingerprint density at radius 3 is 3.05 bits per heavy atom. The van der Waals surface area contributed by atoms with Crippen LogP contribution < -0.4 is 5.84 Å². The molecule has 21 heavy (non-hydrogen) atoms. The number of halogens is 1. The van der Waals surface area contributed by atoms with E-state index < -0.39 is 0 Å². The molecule has 0 saturated carbocycles. The van der Waals surface area contributed by atoms with Crippen molar-refractivity contribution in [2.75, 3.05) is 13.2 Å². The van der Waals surface area contributed by atoms with Crippen molar-refractivity contribution in [2.45, 2.75) is 38.2 Å². The van der Waals surface area contributed by atoms with E-state index in [2.05, 4.69) is 45.1 Å². The number of hydrogen-bond donors (Lipinski definition) is 1. The standard InChI is InChI=1S/C16H22BrN3O/c1-12(13-5-4-6-14(17)9-13)16(20-18)11-19-10-15-7-2-3-8-21-15/h4-6,9,11-12,15H,2-3,7-8,10,18H2,1H3/b19-11?,20-16+. The molecule has 0 bridgehead atoms. The normalized spacial score (nSPS) is 21.6. The summed E-state index contributed by atoms with van der Waals surface area (Å²) in [6.07, 6.45) is 5.51. The van der Waals surface area contributed by atoms with Crippen LogP contribution in [0.5, 0.6) is 0 Å². The van der Waals surface area contributed by atoms with E-state index in [1.807, 2.05) is 12.1 Å². The molecule has 0 aromatic heterocycles. The molecule has 4 nitrogen and oxygen atoms in total. The van der Waals surface area contributed by atoms with E-state index in [1.54, 1.807) is 6.21 Å². The predicted molar refractivity (Wildman–Crippen MR) is 91.1 cm³/mol. The Bertz CT molecular complexity index is 510. The van der Waals surface area contributed by atoms with E-state index in [1.165, 1.54) is 6.42 Å². The Hall–Kier alpha value is -1.20. The smallest absolute Gasteiger partial charge is 0.0850 e. The molecule has 0 spiro atoms. The number of aliphatic imine (C=N–C) groups is 1. The SMILES string of the molecule is CC(/C(C=NCC1CCCCO1)=N/N)c1cccc(Br)c1. The van der Waals surface area contributed by atoms with E-state index in [0.29, 0.717) is 6.54 Å². The first-order valence-corrected chi connectivity index (χ1v) is 8.14. The molecule has 0 amide bonds. The van der Waals surface area contributed by atoms with Crippen LogP contribution >= 0.6 is 15.9 Å². The van der Waals surface area contributed by atoms with Crippen molar-refractivity contribution in [1.82, 2.24) is 0 Å². The van der Waals surface area contributed by atoms with Gasteiger partial charge in [-0.05, 0) is 37.0 Å². The lowest BCUT2D eigenvalue weighted by Gasteiger charge is -2.20. The van der Waals surface area contributed by atoms with E-state index >= 15 is 0 Å². The van der Waals surface area contributed by atoms with E-state index in [-0.39, 0.29) is 12.0 Å². The molecule has 2 N–H and O–H groups in total. The fourth-order valence-corrected chi connectivity index (χ4v) is 2.84. The fourth-order valence-electron chi connectivity index (χ4n) is 2.42. The molecule has 5 heteroatoms. The highest BCUT2D eigenvalue weighted by Gasteiger charge is 2.14. The molecular weight excluding hydrogens is 330 g/mol. The predicted octanol–water partition coefficient (Wildman–Crippen LogP) is 3.51. The zero-order valence-electron chi connectivity index (χ0n) is 12.3. The van der Waals surface area contributed by atoms with E-state index in [9.17, 15) is 0 Å².